The minimum absolute atomic E-state index is 0.0678. The van der Waals surface area contributed by atoms with Crippen LogP contribution < -0.4 is 10.6 Å². The Balaban J connectivity index is 3.10. The lowest BCUT2D eigenvalue weighted by Gasteiger charge is -2.24. The maximum Gasteiger partial charge on any atom is 0.172 e. The topological polar surface area (TPSA) is 82.1 Å². The van der Waals surface area contributed by atoms with Gasteiger partial charge in [-0.3, -0.25) is 0 Å². The quantitative estimate of drug-likeness (QED) is 0.295. The van der Waals surface area contributed by atoms with Gasteiger partial charge in [0.25, 0.3) is 0 Å². The van der Waals surface area contributed by atoms with Crippen molar-refractivity contribution < 1.29 is 10.3 Å². The highest BCUT2D eigenvalue weighted by molar-refractivity contribution is 6.02. The van der Waals surface area contributed by atoms with E-state index in [2.05, 4.69) is 5.16 Å². The summed E-state index contributed by atoms with van der Waals surface area (Å²) in [6.07, 6.45) is 0. The number of amidine groups is 1. The van der Waals surface area contributed by atoms with Gasteiger partial charge in [0.2, 0.25) is 0 Å². The van der Waals surface area contributed by atoms with Crippen molar-refractivity contribution in [3.63, 3.8) is 0 Å². The Labute approximate surface area is 94.8 Å². The first-order chi connectivity index (χ1) is 7.74. The molecule has 0 unspecified atom stereocenters. The number of benzene rings is 1. The fraction of sp³-hybridized carbons (Fsp3) is 0.364. The zero-order valence-electron chi connectivity index (χ0n) is 9.30. The first-order valence-electron chi connectivity index (χ1n) is 5.17. The summed E-state index contributed by atoms with van der Waals surface area (Å²) in [5, 5.41) is 20.7. The predicted octanol–water partition coefficient (Wildman–Crippen LogP) is 0.600. The van der Waals surface area contributed by atoms with E-state index in [1.165, 1.54) is 0 Å². The number of rotatable bonds is 5. The Kier molecular flexibility index (Phi) is 4.60. The van der Waals surface area contributed by atoms with Gasteiger partial charge in [0.05, 0.1) is 6.61 Å². The van der Waals surface area contributed by atoms with Crippen LogP contribution in [0.3, 0.4) is 0 Å². The minimum Gasteiger partial charge on any atom is -0.409 e. The van der Waals surface area contributed by atoms with Crippen molar-refractivity contribution in [3.8, 4) is 0 Å². The highest BCUT2D eigenvalue weighted by atomic mass is 16.4. The highest BCUT2D eigenvalue weighted by Gasteiger charge is 2.11. The van der Waals surface area contributed by atoms with E-state index in [0.717, 1.165) is 12.2 Å². The summed E-state index contributed by atoms with van der Waals surface area (Å²) in [6, 6.07) is 7.37. The largest absolute Gasteiger partial charge is 0.409 e. The minimum atomic E-state index is 0.0678. The monoisotopic (exact) mass is 223 g/mol. The fourth-order valence-corrected chi connectivity index (χ4v) is 1.59. The van der Waals surface area contributed by atoms with Gasteiger partial charge in [-0.1, -0.05) is 17.3 Å². The molecule has 0 fully saturated rings. The van der Waals surface area contributed by atoms with Gasteiger partial charge in [-0.25, -0.2) is 0 Å². The number of aliphatic hydroxyl groups is 1. The average molecular weight is 223 g/mol. The summed E-state index contributed by atoms with van der Waals surface area (Å²) in [4.78, 5) is 1.97. The highest BCUT2D eigenvalue weighted by Crippen LogP contribution is 2.19. The molecule has 0 saturated heterocycles. The normalized spacial score (nSPS) is 11.5. The van der Waals surface area contributed by atoms with Crippen LogP contribution in [0.15, 0.2) is 29.4 Å². The van der Waals surface area contributed by atoms with Crippen LogP contribution in [-0.4, -0.2) is 35.8 Å². The molecule has 88 valence electrons. The van der Waals surface area contributed by atoms with E-state index in [1.54, 1.807) is 6.07 Å². The summed E-state index contributed by atoms with van der Waals surface area (Å²) in [5.74, 6) is 0.0759. The molecule has 0 amide bonds. The number of aliphatic hydroxyl groups excluding tert-OH is 1. The molecule has 0 radical (unpaired) electrons. The maximum atomic E-state index is 8.96. The molecule has 0 aliphatic carbocycles. The first kappa shape index (κ1) is 12.3. The zero-order chi connectivity index (χ0) is 12.0. The molecule has 0 aliphatic heterocycles. The molecule has 0 heterocycles. The molecule has 5 heteroatoms. The second-order valence-corrected chi connectivity index (χ2v) is 3.31. The molecule has 16 heavy (non-hydrogen) atoms. The number of nitrogens with two attached hydrogens (primary N) is 1. The van der Waals surface area contributed by atoms with Crippen molar-refractivity contribution in [2.24, 2.45) is 10.9 Å². The Morgan fingerprint density at radius 3 is 2.69 bits per heavy atom. The molecule has 5 nitrogen and oxygen atoms in total. The van der Waals surface area contributed by atoms with Crippen LogP contribution in [-0.2, 0) is 0 Å². The van der Waals surface area contributed by atoms with E-state index in [1.807, 2.05) is 30.0 Å². The summed E-state index contributed by atoms with van der Waals surface area (Å²) >= 11 is 0. The van der Waals surface area contributed by atoms with Crippen LogP contribution in [0.1, 0.15) is 12.5 Å². The third-order valence-corrected chi connectivity index (χ3v) is 2.38. The van der Waals surface area contributed by atoms with Crippen molar-refractivity contribution in [2.45, 2.75) is 6.92 Å². The van der Waals surface area contributed by atoms with E-state index < -0.39 is 0 Å². The number of hydrogen-bond acceptors (Lipinski definition) is 4. The van der Waals surface area contributed by atoms with Crippen molar-refractivity contribution in [1.82, 2.24) is 0 Å². The van der Waals surface area contributed by atoms with E-state index in [4.69, 9.17) is 16.0 Å². The molecule has 0 atom stereocenters. The van der Waals surface area contributed by atoms with Crippen LogP contribution in [0.5, 0.6) is 0 Å². The second kappa shape index (κ2) is 5.97. The van der Waals surface area contributed by atoms with E-state index in [0.29, 0.717) is 12.1 Å². The third kappa shape index (κ3) is 2.64. The summed E-state index contributed by atoms with van der Waals surface area (Å²) in [6.45, 7) is 3.32. The average Bonchev–Trinajstić information content (AvgIpc) is 2.35. The maximum absolute atomic E-state index is 8.96. The molecule has 0 spiro atoms. The van der Waals surface area contributed by atoms with E-state index >= 15 is 0 Å². The molecular formula is C11H17N3O2. The first-order valence-corrected chi connectivity index (χ1v) is 5.17. The predicted molar refractivity (Wildman–Crippen MR) is 63.9 cm³/mol. The number of hydrogen-bond donors (Lipinski definition) is 3. The van der Waals surface area contributed by atoms with Gasteiger partial charge in [-0.05, 0) is 19.1 Å². The number of anilines is 1. The molecule has 0 aromatic heterocycles. The Morgan fingerprint density at radius 2 is 2.12 bits per heavy atom. The molecule has 1 aromatic rings. The summed E-state index contributed by atoms with van der Waals surface area (Å²) in [7, 11) is 0. The third-order valence-electron chi connectivity index (χ3n) is 2.38. The van der Waals surface area contributed by atoms with Gasteiger partial charge >= 0.3 is 0 Å². The van der Waals surface area contributed by atoms with Gasteiger partial charge in [0, 0.05) is 24.3 Å². The van der Waals surface area contributed by atoms with Crippen molar-refractivity contribution >= 4 is 11.5 Å². The van der Waals surface area contributed by atoms with Gasteiger partial charge < -0.3 is 20.9 Å². The van der Waals surface area contributed by atoms with Crippen LogP contribution in [0.25, 0.3) is 0 Å². The number of oxime groups is 1. The molecular weight excluding hydrogens is 206 g/mol. The van der Waals surface area contributed by atoms with E-state index in [9.17, 15) is 0 Å². The lowest BCUT2D eigenvalue weighted by molar-refractivity contribution is 0.302. The Bertz CT molecular complexity index is 366. The Morgan fingerprint density at radius 1 is 1.44 bits per heavy atom. The molecule has 1 rings (SSSR count). The number of likely N-dealkylation sites (N-methyl/N-ethyl adjacent to an activating group) is 1. The smallest absolute Gasteiger partial charge is 0.172 e. The van der Waals surface area contributed by atoms with Gasteiger partial charge in [-0.15, -0.1) is 0 Å². The SMILES string of the molecule is CCN(CCO)c1ccccc1/C(N)=N\O. The lowest BCUT2D eigenvalue weighted by atomic mass is 10.1. The van der Waals surface area contributed by atoms with Gasteiger partial charge in [0.15, 0.2) is 5.84 Å². The van der Waals surface area contributed by atoms with Crippen LogP contribution >= 0.6 is 0 Å². The van der Waals surface area contributed by atoms with Crippen molar-refractivity contribution in [1.29, 1.82) is 0 Å². The zero-order valence-corrected chi connectivity index (χ0v) is 9.30. The molecule has 0 saturated carbocycles. The molecule has 0 bridgehead atoms. The van der Waals surface area contributed by atoms with Crippen LogP contribution in [0.2, 0.25) is 0 Å². The number of para-hydroxylation sites is 1. The fourth-order valence-electron chi connectivity index (χ4n) is 1.59. The number of nitrogens with zero attached hydrogens (tertiary/aromatic N) is 2. The van der Waals surface area contributed by atoms with E-state index in [-0.39, 0.29) is 12.4 Å². The van der Waals surface area contributed by atoms with Gasteiger partial charge in [0.1, 0.15) is 0 Å². The summed E-state index contributed by atoms with van der Waals surface area (Å²) < 4.78 is 0. The van der Waals surface area contributed by atoms with Crippen LogP contribution in [0.4, 0.5) is 5.69 Å². The molecule has 0 aliphatic rings. The Hall–Kier alpha value is -1.75. The van der Waals surface area contributed by atoms with Crippen LogP contribution in [0, 0.1) is 0 Å². The lowest BCUT2D eigenvalue weighted by Crippen LogP contribution is -2.29. The van der Waals surface area contributed by atoms with Crippen molar-refractivity contribution in [2.75, 3.05) is 24.6 Å². The van der Waals surface area contributed by atoms with Gasteiger partial charge in [-0.2, -0.15) is 0 Å². The van der Waals surface area contributed by atoms with Crippen molar-refractivity contribution in [3.05, 3.63) is 29.8 Å². The molecule has 4 N–H and O–H groups in total. The summed E-state index contributed by atoms with van der Waals surface area (Å²) in [5.41, 5.74) is 7.12. The second-order valence-electron chi connectivity index (χ2n) is 3.31. The standard InChI is InChI=1S/C11H17N3O2/c1-2-14(7-8-15)10-6-4-3-5-9(10)11(12)13-16/h3-6,15-16H,2,7-8H2,1H3,(H2,12,13). The molecule has 1 aromatic carbocycles.